The Bertz CT molecular complexity index is 1140. The van der Waals surface area contributed by atoms with Crippen LogP contribution in [0.5, 0.6) is 0 Å². The smallest absolute Gasteiger partial charge is 0.353 e. The van der Waals surface area contributed by atoms with Gasteiger partial charge in [0, 0.05) is 28.4 Å². The minimum absolute atomic E-state index is 0.0823. The van der Waals surface area contributed by atoms with Crippen molar-refractivity contribution >= 4 is 63.9 Å². The molecule has 2 aliphatic rings. The summed E-state index contributed by atoms with van der Waals surface area (Å²) in [5, 5.41) is 25.1. The maximum Gasteiger partial charge on any atom is 0.353 e. The van der Waals surface area contributed by atoms with Crippen molar-refractivity contribution in [2.75, 3.05) is 18.1 Å². The number of nitrogens with one attached hydrogen (secondary N) is 1. The number of rotatable bonds is 8. The second-order valence-electron chi connectivity index (χ2n) is 7.03. The number of β-lactam (4-membered cyclic amide) rings is 1. The van der Waals surface area contributed by atoms with Crippen LogP contribution < -0.4 is 11.1 Å². The first-order valence-corrected chi connectivity index (χ1v) is 12.5. The Hall–Kier alpha value is -2.87. The van der Waals surface area contributed by atoms with Crippen molar-refractivity contribution in [3.05, 3.63) is 57.2 Å². The van der Waals surface area contributed by atoms with E-state index < -0.39 is 41.7 Å². The highest BCUT2D eigenvalue weighted by atomic mass is 32.2. The molecule has 1 saturated heterocycles. The Labute approximate surface area is 201 Å². The van der Waals surface area contributed by atoms with Gasteiger partial charge >= 0.3 is 5.97 Å². The van der Waals surface area contributed by atoms with Gasteiger partial charge in [-0.2, -0.15) is 0 Å². The third-order valence-corrected chi connectivity index (χ3v) is 8.03. The molecule has 5 N–H and O–H groups in total. The number of aromatic nitrogens is 2. The number of hydrogen-bond donors (Lipinski definition) is 4. The second-order valence-corrected chi connectivity index (χ2v) is 10.0. The lowest BCUT2D eigenvalue weighted by Crippen LogP contribution is -2.70. The third-order valence-electron chi connectivity index (χ3n) is 4.98. The molecule has 0 aliphatic carbocycles. The van der Waals surface area contributed by atoms with Crippen molar-refractivity contribution in [3.63, 3.8) is 0 Å². The number of nitrogens with zero attached hydrogens (tertiary/aromatic N) is 3. The summed E-state index contributed by atoms with van der Waals surface area (Å²) in [6, 6.07) is 2.78. The molecule has 0 bridgehead atoms. The van der Waals surface area contributed by atoms with E-state index in [2.05, 4.69) is 15.3 Å². The number of carbonyl (C=O) groups excluding carboxylic acids is 2. The van der Waals surface area contributed by atoms with Gasteiger partial charge in [0.05, 0.1) is 12.3 Å². The largest absolute Gasteiger partial charge is 0.477 e. The average molecular weight is 506 g/mol. The van der Waals surface area contributed by atoms with E-state index in [1.165, 1.54) is 28.4 Å². The average Bonchev–Trinajstić information content (AvgIpc) is 3.23. The number of fused-ring (bicyclic) bond motifs is 1. The fraction of sp³-hybridized carbons (Fsp3) is 0.250. The topological polar surface area (TPSA) is 159 Å². The lowest BCUT2D eigenvalue weighted by atomic mass is 10.0. The van der Waals surface area contributed by atoms with Gasteiger partial charge < -0.3 is 21.3 Å². The van der Waals surface area contributed by atoms with Gasteiger partial charge in [-0.05, 0) is 23.1 Å². The summed E-state index contributed by atoms with van der Waals surface area (Å²) in [5.74, 6) is -2.88. The molecular formula is C20H19N5O5S3. The number of anilines is 1. The molecule has 3 atom stereocenters. The Morgan fingerprint density at radius 2 is 2.27 bits per heavy atom. The number of carbonyl (C=O) groups is 3. The van der Waals surface area contributed by atoms with Crippen LogP contribution in [0.15, 0.2) is 45.9 Å². The fourth-order valence-electron chi connectivity index (χ4n) is 3.38. The zero-order chi connectivity index (χ0) is 23.5. The van der Waals surface area contributed by atoms with Crippen LogP contribution in [0, 0.1) is 0 Å². The number of nitrogen functional groups attached to an aromatic ring is 1. The highest BCUT2D eigenvalue weighted by Crippen LogP contribution is 2.44. The number of thioether (sulfide) groups is 2. The Morgan fingerprint density at radius 1 is 1.45 bits per heavy atom. The van der Waals surface area contributed by atoms with Gasteiger partial charge in [0.2, 0.25) is 5.91 Å². The molecule has 1 fully saturated rings. The van der Waals surface area contributed by atoms with Crippen LogP contribution in [-0.4, -0.2) is 66.6 Å². The van der Waals surface area contributed by atoms with Gasteiger partial charge in [-0.3, -0.25) is 19.5 Å². The molecule has 10 nitrogen and oxygen atoms in total. The predicted octanol–water partition coefficient (Wildman–Crippen LogP) is 1.30. The van der Waals surface area contributed by atoms with Crippen LogP contribution in [0.2, 0.25) is 0 Å². The molecule has 0 aromatic carbocycles. The highest BCUT2D eigenvalue weighted by Gasteiger charge is 2.54. The van der Waals surface area contributed by atoms with Gasteiger partial charge in [0.15, 0.2) is 5.13 Å². The van der Waals surface area contributed by atoms with Crippen LogP contribution in [0.25, 0.3) is 6.08 Å². The van der Waals surface area contributed by atoms with E-state index in [0.29, 0.717) is 16.4 Å². The number of hydrogen-bond acceptors (Lipinski definition) is 10. The van der Waals surface area contributed by atoms with Gasteiger partial charge in [-0.15, -0.1) is 23.1 Å². The molecule has 4 rings (SSSR count). The normalized spacial score (nSPS) is 21.0. The summed E-state index contributed by atoms with van der Waals surface area (Å²) >= 11 is 3.74. The van der Waals surface area contributed by atoms with Crippen molar-refractivity contribution < 1.29 is 24.6 Å². The number of thiazole rings is 1. The second kappa shape index (κ2) is 9.95. The minimum atomic E-state index is -1.21. The quantitative estimate of drug-likeness (QED) is 0.385. The molecule has 2 amide bonds. The van der Waals surface area contributed by atoms with E-state index in [9.17, 15) is 24.6 Å². The van der Waals surface area contributed by atoms with E-state index in [4.69, 9.17) is 5.73 Å². The van der Waals surface area contributed by atoms with Crippen molar-refractivity contribution in [2.45, 2.75) is 17.3 Å². The third kappa shape index (κ3) is 4.76. The zero-order valence-electron chi connectivity index (χ0n) is 17.0. The fourth-order valence-corrected chi connectivity index (χ4v) is 6.35. The number of aliphatic carboxylic acids is 1. The van der Waals surface area contributed by atoms with Gasteiger partial charge in [-0.1, -0.05) is 17.8 Å². The van der Waals surface area contributed by atoms with Gasteiger partial charge in [0.25, 0.3) is 5.91 Å². The first kappa shape index (κ1) is 23.3. The molecule has 0 radical (unpaired) electrons. The van der Waals surface area contributed by atoms with Crippen molar-refractivity contribution in [1.82, 2.24) is 20.2 Å². The Morgan fingerprint density at radius 3 is 2.91 bits per heavy atom. The molecule has 4 heterocycles. The summed E-state index contributed by atoms with van der Waals surface area (Å²) in [7, 11) is 0. The van der Waals surface area contributed by atoms with Gasteiger partial charge in [-0.25, -0.2) is 9.78 Å². The van der Waals surface area contributed by atoms with Crippen LogP contribution in [0.4, 0.5) is 5.13 Å². The molecule has 33 heavy (non-hydrogen) atoms. The summed E-state index contributed by atoms with van der Waals surface area (Å²) in [5.41, 5.74) is 6.71. The molecule has 2 aromatic heterocycles. The number of pyridine rings is 1. The summed E-state index contributed by atoms with van der Waals surface area (Å²) in [4.78, 5) is 47.2. The number of carboxylic acids is 1. The van der Waals surface area contributed by atoms with Crippen molar-refractivity contribution in [3.8, 4) is 0 Å². The summed E-state index contributed by atoms with van der Waals surface area (Å²) < 4.78 is 0. The molecule has 2 unspecified atom stereocenters. The lowest BCUT2D eigenvalue weighted by Gasteiger charge is -2.49. The highest BCUT2D eigenvalue weighted by molar-refractivity contribution is 8.08. The first-order valence-electron chi connectivity index (χ1n) is 9.67. The van der Waals surface area contributed by atoms with Crippen LogP contribution in [0.3, 0.4) is 0 Å². The monoisotopic (exact) mass is 505 g/mol. The molecule has 172 valence electrons. The SMILES string of the molecule is Nc1nc(C(CO)C(=O)NC2C(=O)N3C(C(=O)O)=C(S/C=C\c4cccnc4)CS[C@@H]23)cs1. The number of carboxylic acid groups (broad SMARTS) is 1. The van der Waals surface area contributed by atoms with E-state index in [1.807, 2.05) is 12.1 Å². The molecule has 13 heteroatoms. The number of aliphatic hydroxyl groups is 1. The van der Waals surface area contributed by atoms with E-state index in [1.54, 1.807) is 29.2 Å². The molecular weight excluding hydrogens is 486 g/mol. The van der Waals surface area contributed by atoms with Crippen LogP contribution >= 0.6 is 34.9 Å². The standard InChI is InChI=1S/C20H19N5O5S3/c21-20-23-12(8-33-20)11(7-26)16(27)24-14-17(28)25-15(19(29)30)13(9-32-18(14)25)31-5-3-10-2-1-4-22-6-10/h1-6,8,11,14,18,26H,7,9H2,(H2,21,23)(H,24,27)(H,29,30)/b5-3-/t11?,14?,18-/m0/s1. The van der Waals surface area contributed by atoms with Crippen molar-refractivity contribution in [2.24, 2.45) is 0 Å². The molecule has 0 spiro atoms. The van der Waals surface area contributed by atoms with E-state index in [-0.39, 0.29) is 10.8 Å². The molecule has 2 aliphatic heterocycles. The maximum atomic E-state index is 12.8. The Balaban J connectivity index is 1.46. The van der Waals surface area contributed by atoms with E-state index in [0.717, 1.165) is 16.9 Å². The molecule has 2 aromatic rings. The summed E-state index contributed by atoms with van der Waals surface area (Å²) in [6.45, 7) is -0.498. The first-order chi connectivity index (χ1) is 15.9. The minimum Gasteiger partial charge on any atom is -0.477 e. The zero-order valence-corrected chi connectivity index (χ0v) is 19.4. The van der Waals surface area contributed by atoms with Gasteiger partial charge in [0.1, 0.15) is 23.0 Å². The number of aliphatic hydroxyl groups excluding tert-OH is 1. The number of nitrogens with two attached hydrogens (primary N) is 1. The van der Waals surface area contributed by atoms with Crippen LogP contribution in [-0.2, 0) is 14.4 Å². The molecule has 0 saturated carbocycles. The predicted molar refractivity (Wildman–Crippen MR) is 127 cm³/mol. The summed E-state index contributed by atoms with van der Waals surface area (Å²) in [6.07, 6.45) is 5.15. The van der Waals surface area contributed by atoms with Crippen molar-refractivity contribution in [1.29, 1.82) is 0 Å². The maximum absolute atomic E-state index is 12.8. The lowest BCUT2D eigenvalue weighted by molar-refractivity contribution is -0.150. The van der Waals surface area contributed by atoms with Crippen LogP contribution in [0.1, 0.15) is 17.2 Å². The van der Waals surface area contributed by atoms with E-state index >= 15 is 0 Å². The Kier molecular flexibility index (Phi) is 7.02. The number of amides is 2.